The smallest absolute Gasteiger partial charge is 0.0630 e. The summed E-state index contributed by atoms with van der Waals surface area (Å²) < 4.78 is 122. The summed E-state index contributed by atoms with van der Waals surface area (Å²) in [5.74, 6) is 0. The minimum atomic E-state index is -0.663. The first kappa shape index (κ1) is 5.19. The van der Waals surface area contributed by atoms with Gasteiger partial charge in [0.15, 0.2) is 0 Å². The highest BCUT2D eigenvalue weighted by molar-refractivity contribution is 7.19. The van der Waals surface area contributed by atoms with Gasteiger partial charge in [0.1, 0.15) is 0 Å². The van der Waals surface area contributed by atoms with Crippen molar-refractivity contribution in [3.63, 3.8) is 0 Å². The molecule has 23 heavy (non-hydrogen) atoms. The number of thiophene rings is 1. The van der Waals surface area contributed by atoms with E-state index >= 15 is 0 Å². The average Bonchev–Trinajstić information content (AvgIpc) is 3.30. The van der Waals surface area contributed by atoms with Crippen LogP contribution in [0.25, 0.3) is 32.0 Å². The quantitative estimate of drug-likeness (QED) is 0.390. The molecule has 0 aliphatic carbocycles. The predicted molar refractivity (Wildman–Crippen MR) is 101 cm³/mol. The lowest BCUT2D eigenvalue weighted by Crippen LogP contribution is -1.78. The topological polar surface area (TPSA) is 0 Å². The van der Waals surface area contributed by atoms with Gasteiger partial charge in [0.05, 0.1) is 20.6 Å². The van der Waals surface area contributed by atoms with Gasteiger partial charge in [0, 0.05) is 15.3 Å². The first-order chi connectivity index (χ1) is 17.6. The van der Waals surface area contributed by atoms with E-state index in [0.717, 1.165) is 11.3 Å². The fourth-order valence-corrected chi connectivity index (χ4v) is 3.08. The highest BCUT2D eigenvalue weighted by Gasteiger charge is 2.13. The number of hydrogen-bond donors (Lipinski definition) is 0. The van der Waals surface area contributed by atoms with E-state index in [1.54, 1.807) is 0 Å². The minimum Gasteiger partial charge on any atom is -0.135 e. The minimum absolute atomic E-state index is 0.0191. The van der Waals surface area contributed by atoms with Crippen molar-refractivity contribution in [1.29, 1.82) is 0 Å². The second-order valence-corrected chi connectivity index (χ2v) is 5.41. The second-order valence-electron chi connectivity index (χ2n) is 4.35. The Balaban J connectivity index is 2.23. The Labute approximate surface area is 161 Å². The Kier molecular flexibility index (Phi) is 1.41. The van der Waals surface area contributed by atoms with Gasteiger partial charge in [-0.05, 0) is 22.8 Å². The maximum Gasteiger partial charge on any atom is 0.0630 e. The van der Waals surface area contributed by atoms with Crippen molar-refractivity contribution in [2.75, 3.05) is 0 Å². The van der Waals surface area contributed by atoms with Crippen LogP contribution < -0.4 is 0 Å². The molecule has 0 spiro atoms. The van der Waals surface area contributed by atoms with E-state index in [0.29, 0.717) is 0 Å². The maximum atomic E-state index is 8.43. The maximum absolute atomic E-state index is 8.43. The number of rotatable bonds is 3. The molecule has 0 saturated carbocycles. The van der Waals surface area contributed by atoms with Crippen molar-refractivity contribution in [1.82, 2.24) is 0 Å². The van der Waals surface area contributed by atoms with Crippen LogP contribution in [0.4, 0.5) is 0 Å². The molecule has 1 heterocycles. The van der Waals surface area contributed by atoms with Gasteiger partial charge in [-0.2, -0.15) is 0 Å². The first-order valence-corrected chi connectivity index (χ1v) is 7.30. The van der Waals surface area contributed by atoms with E-state index in [4.69, 9.17) is 20.6 Å². The van der Waals surface area contributed by atoms with Gasteiger partial charge in [0.25, 0.3) is 0 Å². The average molecular weight is 328 g/mol. The number of benzene rings is 3. The molecule has 0 nitrogen and oxygen atoms in total. The van der Waals surface area contributed by atoms with E-state index in [9.17, 15) is 0 Å². The monoisotopic (exact) mass is 327 g/mol. The summed E-state index contributed by atoms with van der Waals surface area (Å²) in [5, 5.41) is 0. The third-order valence-corrected chi connectivity index (χ3v) is 4.14. The molecule has 0 N–H and O–H groups in total. The zero-order valence-electron chi connectivity index (χ0n) is 26.5. The third kappa shape index (κ3) is 2.84. The fraction of sp³-hybridized carbons (Fsp3) is 0. The van der Waals surface area contributed by atoms with E-state index < -0.39 is 90.6 Å². The van der Waals surface area contributed by atoms with Gasteiger partial charge in [0.2, 0.25) is 0 Å². The predicted octanol–water partition coefficient (Wildman–Crippen LogP) is 6.75. The van der Waals surface area contributed by atoms with Gasteiger partial charge < -0.3 is 0 Å². The summed E-state index contributed by atoms with van der Waals surface area (Å²) in [6.07, 6.45) is 0. The Morgan fingerprint density at radius 1 is 0.565 bits per heavy atom. The van der Waals surface area contributed by atoms with E-state index in [1.165, 1.54) is 6.07 Å². The molecule has 0 amide bonds. The Morgan fingerprint density at radius 3 is 1.61 bits per heavy atom. The highest BCUT2D eigenvalue weighted by atomic mass is 32.1. The molecule has 1 aromatic heterocycles. The second kappa shape index (κ2) is 6.23. The molecule has 4 rings (SSSR count). The van der Waals surface area contributed by atoms with Crippen LogP contribution in [0, 0.1) is 0 Å². The molecule has 110 valence electrons. The lowest BCUT2D eigenvalue weighted by Gasteiger charge is -2.03. The standard InChI is InChI=1S/C22H16S/c1-4-10-17(11-5-1)20-16-21(18-12-6-2-7-13-18)23-22(20)19-14-8-3-9-15-19/h1-16H/i1D,2D,3D,4D,5D,6D,7D,8D,9D,10D,11D,12D,13D,14D,15D. The number of hydrogen-bond acceptors (Lipinski definition) is 1. The molecule has 4 aromatic rings. The van der Waals surface area contributed by atoms with Gasteiger partial charge in [-0.3, -0.25) is 0 Å². The van der Waals surface area contributed by atoms with Gasteiger partial charge in [-0.1, -0.05) is 90.6 Å². The van der Waals surface area contributed by atoms with Crippen molar-refractivity contribution in [2.24, 2.45) is 0 Å². The molecule has 1 heteroatoms. The molecular weight excluding hydrogens is 296 g/mol. The van der Waals surface area contributed by atoms with Crippen LogP contribution in [0.15, 0.2) is 96.7 Å². The zero-order chi connectivity index (χ0) is 28.5. The fourth-order valence-electron chi connectivity index (χ4n) is 2.01. The van der Waals surface area contributed by atoms with E-state index in [2.05, 4.69) is 0 Å². The normalized spacial score (nSPS) is 19.7. The molecule has 0 aliphatic rings. The Bertz CT molecular complexity index is 1500. The highest BCUT2D eigenvalue weighted by Crippen LogP contribution is 2.43. The van der Waals surface area contributed by atoms with Crippen molar-refractivity contribution in [3.8, 4) is 32.0 Å². The van der Waals surface area contributed by atoms with E-state index in [-0.39, 0.29) is 32.0 Å². The SMILES string of the molecule is [2H]c1c([2H])c([2H])c(-c2cc(-c3c([2H])c([2H])c([2H])c([2H])c3[2H])c(-c3c([2H])c([2H])c([2H])c([2H])c3[2H])s2)c([2H])c1[2H]. The van der Waals surface area contributed by atoms with Crippen LogP contribution in [0.2, 0.25) is 0 Å². The van der Waals surface area contributed by atoms with Gasteiger partial charge >= 0.3 is 0 Å². The van der Waals surface area contributed by atoms with Crippen LogP contribution in [0.1, 0.15) is 20.6 Å². The molecule has 0 bridgehead atoms. The van der Waals surface area contributed by atoms with Crippen molar-refractivity contribution < 1.29 is 20.6 Å². The summed E-state index contributed by atoms with van der Waals surface area (Å²) in [4.78, 5) is -0.0621. The molecule has 0 unspecified atom stereocenters. The van der Waals surface area contributed by atoms with Crippen molar-refractivity contribution in [2.45, 2.75) is 0 Å². The van der Waals surface area contributed by atoms with Gasteiger partial charge in [-0.15, -0.1) is 11.3 Å². The lowest BCUT2D eigenvalue weighted by atomic mass is 10.0. The molecule has 0 aliphatic heterocycles. The van der Waals surface area contributed by atoms with E-state index in [1.807, 2.05) is 0 Å². The lowest BCUT2D eigenvalue weighted by molar-refractivity contribution is 1.64. The summed E-state index contributed by atoms with van der Waals surface area (Å²) >= 11 is 0.725. The third-order valence-electron chi connectivity index (χ3n) is 2.97. The molecule has 0 fully saturated rings. The summed E-state index contributed by atoms with van der Waals surface area (Å²) in [7, 11) is 0. The van der Waals surface area contributed by atoms with Crippen molar-refractivity contribution >= 4 is 11.3 Å². The van der Waals surface area contributed by atoms with Crippen LogP contribution in [0.3, 0.4) is 0 Å². The molecule has 0 atom stereocenters. The van der Waals surface area contributed by atoms with Crippen molar-refractivity contribution in [3.05, 3.63) is 96.7 Å². The zero-order valence-corrected chi connectivity index (χ0v) is 12.3. The van der Waals surface area contributed by atoms with Gasteiger partial charge in [-0.25, -0.2) is 0 Å². The molecule has 3 aromatic carbocycles. The first-order valence-electron chi connectivity index (χ1n) is 14.0. The Morgan fingerprint density at radius 2 is 1.04 bits per heavy atom. The molecule has 0 saturated heterocycles. The van der Waals surface area contributed by atoms with Crippen LogP contribution in [-0.4, -0.2) is 0 Å². The Hall–Kier alpha value is -2.64. The van der Waals surface area contributed by atoms with Crippen LogP contribution >= 0.6 is 11.3 Å². The van der Waals surface area contributed by atoms with Crippen LogP contribution in [0.5, 0.6) is 0 Å². The summed E-state index contributed by atoms with van der Waals surface area (Å²) in [5.41, 5.74) is -0.991. The largest absolute Gasteiger partial charge is 0.135 e. The van der Waals surface area contributed by atoms with Crippen LogP contribution in [-0.2, 0) is 0 Å². The molecular formula is C22H16S. The summed E-state index contributed by atoms with van der Waals surface area (Å²) in [6.45, 7) is 0. The molecule has 0 radical (unpaired) electrons. The summed E-state index contributed by atoms with van der Waals surface area (Å²) in [6, 6.07) is -8.16.